The fraction of sp³-hybridized carbons (Fsp3) is 0.643. The summed E-state index contributed by atoms with van der Waals surface area (Å²) < 4.78 is 0. The normalized spacial score (nSPS) is 25.8. The molecule has 0 aliphatic carbocycles. The number of likely N-dealkylation sites (tertiary alicyclic amines) is 1. The summed E-state index contributed by atoms with van der Waals surface area (Å²) >= 11 is 0. The molecule has 1 aromatic heterocycles. The van der Waals surface area contributed by atoms with Gasteiger partial charge >= 0.3 is 0 Å². The summed E-state index contributed by atoms with van der Waals surface area (Å²) in [7, 11) is 1.91. The van der Waals surface area contributed by atoms with Gasteiger partial charge in [-0.25, -0.2) is 4.98 Å². The third-order valence-corrected chi connectivity index (χ3v) is 3.90. The first-order valence-electron chi connectivity index (χ1n) is 6.54. The maximum absolute atomic E-state index is 4.25. The zero-order valence-corrected chi connectivity index (χ0v) is 11.1. The molecule has 2 unspecified atom stereocenters. The molecule has 1 aliphatic rings. The van der Waals surface area contributed by atoms with Crippen molar-refractivity contribution in [1.29, 1.82) is 0 Å². The van der Waals surface area contributed by atoms with Crippen LogP contribution in [-0.4, -0.2) is 30.0 Å². The lowest BCUT2D eigenvalue weighted by Crippen LogP contribution is -2.37. The van der Waals surface area contributed by atoms with Crippen LogP contribution in [0, 0.1) is 11.8 Å². The van der Waals surface area contributed by atoms with E-state index in [-0.39, 0.29) is 0 Å². The van der Waals surface area contributed by atoms with E-state index in [0.717, 1.165) is 24.2 Å². The summed E-state index contributed by atoms with van der Waals surface area (Å²) in [6.45, 7) is 8.23. The lowest BCUT2D eigenvalue weighted by atomic mass is 9.88. The molecule has 1 N–H and O–H groups in total. The van der Waals surface area contributed by atoms with Crippen LogP contribution in [-0.2, 0) is 6.54 Å². The van der Waals surface area contributed by atoms with Gasteiger partial charge < -0.3 is 5.32 Å². The number of rotatable bonds is 3. The van der Waals surface area contributed by atoms with Crippen LogP contribution in [0.15, 0.2) is 18.3 Å². The fourth-order valence-electron chi connectivity index (χ4n) is 2.46. The number of hydrogen-bond donors (Lipinski definition) is 1. The molecule has 94 valence electrons. The molecule has 0 aromatic carbocycles. The Labute approximate surface area is 104 Å². The van der Waals surface area contributed by atoms with Gasteiger partial charge in [0.1, 0.15) is 5.82 Å². The molecule has 0 bridgehead atoms. The highest BCUT2D eigenvalue weighted by molar-refractivity contribution is 5.36. The Hall–Kier alpha value is -1.09. The van der Waals surface area contributed by atoms with Crippen molar-refractivity contribution >= 4 is 5.82 Å². The lowest BCUT2D eigenvalue weighted by Gasteiger charge is -2.35. The summed E-state index contributed by atoms with van der Waals surface area (Å²) in [6, 6.07) is 4.26. The molecule has 0 radical (unpaired) electrons. The van der Waals surface area contributed by atoms with Gasteiger partial charge in [0.05, 0.1) is 0 Å². The van der Waals surface area contributed by atoms with Gasteiger partial charge in [-0.1, -0.05) is 13.8 Å². The number of hydrogen-bond acceptors (Lipinski definition) is 3. The van der Waals surface area contributed by atoms with Gasteiger partial charge in [-0.05, 0) is 42.5 Å². The van der Waals surface area contributed by atoms with Crippen molar-refractivity contribution in [1.82, 2.24) is 9.88 Å². The van der Waals surface area contributed by atoms with Crippen molar-refractivity contribution in [3.63, 3.8) is 0 Å². The molecule has 3 heteroatoms. The van der Waals surface area contributed by atoms with Crippen molar-refractivity contribution in [2.75, 3.05) is 25.5 Å². The first kappa shape index (κ1) is 12.4. The first-order valence-corrected chi connectivity index (χ1v) is 6.54. The number of nitrogens with zero attached hydrogens (tertiary/aromatic N) is 2. The van der Waals surface area contributed by atoms with Crippen LogP contribution in [0.3, 0.4) is 0 Å². The van der Waals surface area contributed by atoms with Crippen LogP contribution in [0.1, 0.15) is 25.8 Å². The minimum absolute atomic E-state index is 0.814. The van der Waals surface area contributed by atoms with Gasteiger partial charge in [-0.2, -0.15) is 0 Å². The largest absolute Gasteiger partial charge is 0.373 e. The average molecular weight is 233 g/mol. The summed E-state index contributed by atoms with van der Waals surface area (Å²) in [6.07, 6.45) is 3.21. The minimum atomic E-state index is 0.814. The van der Waals surface area contributed by atoms with E-state index in [0.29, 0.717) is 0 Å². The Morgan fingerprint density at radius 1 is 1.41 bits per heavy atom. The molecular weight excluding hydrogens is 210 g/mol. The third kappa shape index (κ3) is 3.19. The summed E-state index contributed by atoms with van der Waals surface area (Å²) in [5, 5.41) is 3.09. The van der Waals surface area contributed by atoms with Crippen LogP contribution in [0.4, 0.5) is 5.82 Å². The second-order valence-electron chi connectivity index (χ2n) is 5.28. The number of aromatic nitrogens is 1. The third-order valence-electron chi connectivity index (χ3n) is 3.90. The van der Waals surface area contributed by atoms with E-state index in [9.17, 15) is 0 Å². The van der Waals surface area contributed by atoms with Crippen molar-refractivity contribution in [2.24, 2.45) is 11.8 Å². The number of piperidine rings is 1. The van der Waals surface area contributed by atoms with E-state index >= 15 is 0 Å². The molecule has 1 fully saturated rings. The molecule has 1 aliphatic heterocycles. The summed E-state index contributed by atoms with van der Waals surface area (Å²) in [5.74, 6) is 2.65. The lowest BCUT2D eigenvalue weighted by molar-refractivity contribution is 0.132. The van der Waals surface area contributed by atoms with E-state index in [4.69, 9.17) is 0 Å². The standard InChI is InChI=1S/C14H23N3/c1-11-5-7-17(9-12(11)2)10-13-4-6-16-14(8-13)15-3/h4,6,8,11-12H,5,7,9-10H2,1-3H3,(H,15,16). The smallest absolute Gasteiger partial charge is 0.125 e. The number of pyridine rings is 1. The molecular formula is C14H23N3. The molecule has 3 nitrogen and oxygen atoms in total. The van der Waals surface area contributed by atoms with Crippen LogP contribution >= 0.6 is 0 Å². The Kier molecular flexibility index (Phi) is 4.00. The first-order chi connectivity index (χ1) is 8.19. The maximum Gasteiger partial charge on any atom is 0.125 e. The highest BCUT2D eigenvalue weighted by Crippen LogP contribution is 2.23. The highest BCUT2D eigenvalue weighted by atomic mass is 15.1. The molecule has 2 rings (SSSR count). The number of anilines is 1. The molecule has 1 aromatic rings. The second kappa shape index (κ2) is 5.50. The zero-order chi connectivity index (χ0) is 12.3. The Balaban J connectivity index is 1.96. The van der Waals surface area contributed by atoms with Gasteiger partial charge in [-0.15, -0.1) is 0 Å². The van der Waals surface area contributed by atoms with Gasteiger partial charge in [0.15, 0.2) is 0 Å². The topological polar surface area (TPSA) is 28.2 Å². The quantitative estimate of drug-likeness (QED) is 0.870. The Morgan fingerprint density at radius 2 is 2.24 bits per heavy atom. The molecule has 2 atom stereocenters. The molecule has 0 saturated carbocycles. The van der Waals surface area contributed by atoms with Crippen LogP contribution in [0.5, 0.6) is 0 Å². The Bertz CT molecular complexity index is 364. The monoisotopic (exact) mass is 233 g/mol. The average Bonchev–Trinajstić information content (AvgIpc) is 2.34. The summed E-state index contributed by atoms with van der Waals surface area (Å²) in [4.78, 5) is 6.80. The SMILES string of the molecule is CNc1cc(CN2CCC(C)C(C)C2)ccn1. The van der Waals surface area contributed by atoms with Gasteiger partial charge in [0.25, 0.3) is 0 Å². The zero-order valence-electron chi connectivity index (χ0n) is 11.1. The van der Waals surface area contributed by atoms with E-state index in [1.807, 2.05) is 13.2 Å². The molecule has 17 heavy (non-hydrogen) atoms. The molecule has 0 amide bonds. The highest BCUT2D eigenvalue weighted by Gasteiger charge is 2.22. The minimum Gasteiger partial charge on any atom is -0.373 e. The predicted octanol–water partition coefficient (Wildman–Crippen LogP) is 2.60. The molecule has 2 heterocycles. The second-order valence-corrected chi connectivity index (χ2v) is 5.28. The van der Waals surface area contributed by atoms with Gasteiger partial charge in [0, 0.05) is 26.3 Å². The van der Waals surface area contributed by atoms with Crippen molar-refractivity contribution in [3.8, 4) is 0 Å². The van der Waals surface area contributed by atoms with E-state index in [1.54, 1.807) is 0 Å². The van der Waals surface area contributed by atoms with Gasteiger partial charge in [0.2, 0.25) is 0 Å². The molecule has 1 saturated heterocycles. The number of nitrogens with one attached hydrogen (secondary N) is 1. The predicted molar refractivity (Wildman–Crippen MR) is 72.0 cm³/mol. The molecule has 0 spiro atoms. The van der Waals surface area contributed by atoms with E-state index in [1.165, 1.54) is 25.1 Å². The summed E-state index contributed by atoms with van der Waals surface area (Å²) in [5.41, 5.74) is 1.35. The van der Waals surface area contributed by atoms with Crippen LogP contribution < -0.4 is 5.32 Å². The fourth-order valence-corrected chi connectivity index (χ4v) is 2.46. The van der Waals surface area contributed by atoms with Crippen molar-refractivity contribution in [2.45, 2.75) is 26.8 Å². The van der Waals surface area contributed by atoms with Crippen molar-refractivity contribution in [3.05, 3.63) is 23.9 Å². The van der Waals surface area contributed by atoms with Crippen LogP contribution in [0.2, 0.25) is 0 Å². The Morgan fingerprint density at radius 3 is 2.94 bits per heavy atom. The van der Waals surface area contributed by atoms with E-state index in [2.05, 4.69) is 41.2 Å². The van der Waals surface area contributed by atoms with E-state index < -0.39 is 0 Å². The van der Waals surface area contributed by atoms with Crippen LogP contribution in [0.25, 0.3) is 0 Å². The maximum atomic E-state index is 4.25. The van der Waals surface area contributed by atoms with Gasteiger partial charge in [-0.3, -0.25) is 4.90 Å². The van der Waals surface area contributed by atoms with Crippen molar-refractivity contribution < 1.29 is 0 Å².